The maximum absolute atomic E-state index is 12.4. The lowest BCUT2D eigenvalue weighted by molar-refractivity contribution is -0.169. The number of aromatic nitrogens is 1. The summed E-state index contributed by atoms with van der Waals surface area (Å²) in [4.78, 5) is 19.1. The minimum atomic E-state index is -0.388. The Morgan fingerprint density at radius 3 is 2.63 bits per heavy atom. The van der Waals surface area contributed by atoms with Crippen LogP contribution in [0.1, 0.15) is 23.2 Å². The molecule has 4 rings (SSSR count). The van der Waals surface area contributed by atoms with Crippen molar-refractivity contribution in [3.63, 3.8) is 0 Å². The summed E-state index contributed by atoms with van der Waals surface area (Å²) in [5, 5.41) is 2.86. The van der Waals surface area contributed by atoms with Crippen molar-refractivity contribution >= 4 is 17.4 Å². The topological polar surface area (TPSA) is 72.9 Å². The van der Waals surface area contributed by atoms with Crippen LogP contribution >= 0.6 is 0 Å². The summed E-state index contributed by atoms with van der Waals surface area (Å²) in [6, 6.07) is 10.8. The molecule has 27 heavy (non-hydrogen) atoms. The third-order valence-corrected chi connectivity index (χ3v) is 5.00. The van der Waals surface area contributed by atoms with Gasteiger partial charge in [-0.25, -0.2) is 4.98 Å². The molecular weight excluding hydrogens is 346 g/mol. The van der Waals surface area contributed by atoms with Crippen molar-refractivity contribution in [1.82, 2.24) is 4.98 Å². The fourth-order valence-electron chi connectivity index (χ4n) is 3.48. The number of carbonyl (C=O) groups excluding carboxylic acids is 1. The molecular formula is C20H23N3O4. The summed E-state index contributed by atoms with van der Waals surface area (Å²) in [6.45, 7) is 3.03. The van der Waals surface area contributed by atoms with Crippen LogP contribution in [0.3, 0.4) is 0 Å². The number of nitrogens with one attached hydrogen (secondary N) is 1. The van der Waals surface area contributed by atoms with E-state index in [-0.39, 0.29) is 11.7 Å². The highest BCUT2D eigenvalue weighted by atomic mass is 16.7. The maximum atomic E-state index is 12.4. The van der Waals surface area contributed by atoms with Crippen molar-refractivity contribution in [2.24, 2.45) is 0 Å². The summed E-state index contributed by atoms with van der Waals surface area (Å²) in [6.07, 6.45) is 3.35. The van der Waals surface area contributed by atoms with Crippen LogP contribution in [-0.2, 0) is 9.47 Å². The molecule has 1 aromatic heterocycles. The third-order valence-electron chi connectivity index (χ3n) is 5.00. The van der Waals surface area contributed by atoms with Gasteiger partial charge in [-0.15, -0.1) is 0 Å². The van der Waals surface area contributed by atoms with E-state index in [9.17, 15) is 4.79 Å². The molecule has 1 amide bonds. The summed E-state index contributed by atoms with van der Waals surface area (Å²) < 4.78 is 16.7. The van der Waals surface area contributed by atoms with Crippen LogP contribution in [0, 0.1) is 0 Å². The van der Waals surface area contributed by atoms with Gasteiger partial charge in [0, 0.05) is 31.5 Å². The molecule has 0 aliphatic carbocycles. The molecule has 0 saturated carbocycles. The van der Waals surface area contributed by atoms with Gasteiger partial charge in [0.2, 0.25) is 0 Å². The molecule has 1 aromatic carbocycles. The number of pyridine rings is 1. The van der Waals surface area contributed by atoms with Gasteiger partial charge in [0.15, 0.2) is 5.79 Å². The number of anilines is 2. The van der Waals surface area contributed by atoms with Crippen LogP contribution in [0.2, 0.25) is 0 Å². The third kappa shape index (κ3) is 3.89. The van der Waals surface area contributed by atoms with Gasteiger partial charge in [-0.1, -0.05) is 6.07 Å². The minimum Gasteiger partial charge on any atom is -0.497 e. The van der Waals surface area contributed by atoms with Gasteiger partial charge < -0.3 is 24.4 Å². The highest BCUT2D eigenvalue weighted by molar-refractivity contribution is 6.04. The molecule has 7 nitrogen and oxygen atoms in total. The first-order valence-corrected chi connectivity index (χ1v) is 9.12. The molecule has 3 heterocycles. The zero-order valence-electron chi connectivity index (χ0n) is 15.3. The molecule has 2 fully saturated rings. The lowest BCUT2D eigenvalue weighted by atomic mass is 10.0. The number of methoxy groups -OCH3 is 1. The van der Waals surface area contributed by atoms with Crippen molar-refractivity contribution in [1.29, 1.82) is 0 Å². The van der Waals surface area contributed by atoms with Gasteiger partial charge in [-0.05, 0) is 30.3 Å². The molecule has 2 aliphatic heterocycles. The van der Waals surface area contributed by atoms with Crippen molar-refractivity contribution in [3.8, 4) is 5.75 Å². The fraction of sp³-hybridized carbons (Fsp3) is 0.400. The quantitative estimate of drug-likeness (QED) is 0.893. The maximum Gasteiger partial charge on any atom is 0.255 e. The van der Waals surface area contributed by atoms with Gasteiger partial charge in [0.25, 0.3) is 5.91 Å². The van der Waals surface area contributed by atoms with Gasteiger partial charge in [-0.3, -0.25) is 4.79 Å². The Morgan fingerprint density at radius 1 is 1.19 bits per heavy atom. The highest BCUT2D eigenvalue weighted by Crippen LogP contribution is 2.32. The van der Waals surface area contributed by atoms with E-state index >= 15 is 0 Å². The Kier molecular flexibility index (Phi) is 4.96. The number of piperidine rings is 1. The number of nitrogens with zero attached hydrogens (tertiary/aromatic N) is 2. The lowest BCUT2D eigenvalue weighted by Gasteiger charge is -2.38. The van der Waals surface area contributed by atoms with Crippen LogP contribution < -0.4 is 15.0 Å². The first kappa shape index (κ1) is 17.8. The molecule has 1 N–H and O–H groups in total. The van der Waals surface area contributed by atoms with Gasteiger partial charge >= 0.3 is 0 Å². The van der Waals surface area contributed by atoms with Crippen molar-refractivity contribution in [2.75, 3.05) is 43.6 Å². The molecule has 142 valence electrons. The predicted molar refractivity (Wildman–Crippen MR) is 101 cm³/mol. The van der Waals surface area contributed by atoms with E-state index in [2.05, 4.69) is 15.2 Å². The number of amides is 1. The Labute approximate surface area is 158 Å². The summed E-state index contributed by atoms with van der Waals surface area (Å²) in [5.74, 6) is 0.955. The van der Waals surface area contributed by atoms with Gasteiger partial charge in [0.1, 0.15) is 11.6 Å². The molecule has 0 radical (unpaired) electrons. The second-order valence-electron chi connectivity index (χ2n) is 6.69. The van der Waals surface area contributed by atoms with Crippen LogP contribution in [0.4, 0.5) is 11.5 Å². The predicted octanol–water partition coefficient (Wildman–Crippen LogP) is 2.69. The number of benzene rings is 1. The Bertz CT molecular complexity index is 793. The normalized spacial score (nSPS) is 18.5. The van der Waals surface area contributed by atoms with Crippen molar-refractivity contribution in [2.45, 2.75) is 18.6 Å². The molecule has 0 bridgehead atoms. The zero-order valence-corrected chi connectivity index (χ0v) is 15.3. The first-order valence-electron chi connectivity index (χ1n) is 9.12. The summed E-state index contributed by atoms with van der Waals surface area (Å²) in [5.41, 5.74) is 1.19. The minimum absolute atomic E-state index is 0.195. The first-order chi connectivity index (χ1) is 13.2. The molecule has 7 heteroatoms. The summed E-state index contributed by atoms with van der Waals surface area (Å²) >= 11 is 0. The highest BCUT2D eigenvalue weighted by Gasteiger charge is 2.39. The van der Waals surface area contributed by atoms with E-state index in [1.54, 1.807) is 37.6 Å². The Balaban J connectivity index is 1.37. The molecule has 0 unspecified atom stereocenters. The van der Waals surface area contributed by atoms with Gasteiger partial charge in [0.05, 0.1) is 32.2 Å². The molecule has 0 atom stereocenters. The van der Waals surface area contributed by atoms with E-state index in [0.29, 0.717) is 30.2 Å². The number of carbonyl (C=O) groups is 1. The van der Waals surface area contributed by atoms with E-state index in [4.69, 9.17) is 14.2 Å². The number of rotatable bonds is 4. The molecule has 2 aliphatic rings. The molecule has 1 spiro atoms. The van der Waals surface area contributed by atoms with E-state index < -0.39 is 0 Å². The second kappa shape index (κ2) is 7.54. The average molecular weight is 369 g/mol. The largest absolute Gasteiger partial charge is 0.497 e. The SMILES string of the molecule is COc1cccc(C(=O)Nc2ccc(N3CCC4(CC3)OCCO4)nc2)c1. The number of hydrogen-bond donors (Lipinski definition) is 1. The van der Waals surface area contributed by atoms with Crippen LogP contribution in [0.15, 0.2) is 42.6 Å². The van der Waals surface area contributed by atoms with Crippen LogP contribution in [0.25, 0.3) is 0 Å². The monoisotopic (exact) mass is 369 g/mol. The fourth-order valence-corrected chi connectivity index (χ4v) is 3.48. The molecule has 2 aromatic rings. The lowest BCUT2D eigenvalue weighted by Crippen LogP contribution is -2.45. The second-order valence-corrected chi connectivity index (χ2v) is 6.69. The molecule has 2 saturated heterocycles. The summed E-state index contributed by atoms with van der Waals surface area (Å²) in [7, 11) is 1.58. The standard InChI is InChI=1S/C20H23N3O4/c1-25-17-4-2-3-15(13-17)19(24)22-16-5-6-18(21-14-16)23-9-7-20(8-10-23)26-11-12-27-20/h2-6,13-14H,7-12H2,1H3,(H,22,24). The van der Waals surface area contributed by atoms with Crippen LogP contribution in [-0.4, -0.2) is 50.1 Å². The van der Waals surface area contributed by atoms with Gasteiger partial charge in [-0.2, -0.15) is 0 Å². The van der Waals surface area contributed by atoms with E-state index in [0.717, 1.165) is 31.7 Å². The van der Waals surface area contributed by atoms with Crippen molar-refractivity contribution in [3.05, 3.63) is 48.2 Å². The van der Waals surface area contributed by atoms with E-state index in [1.807, 2.05) is 12.1 Å². The van der Waals surface area contributed by atoms with E-state index in [1.165, 1.54) is 0 Å². The Morgan fingerprint density at radius 2 is 1.96 bits per heavy atom. The number of hydrogen-bond acceptors (Lipinski definition) is 6. The van der Waals surface area contributed by atoms with Crippen LogP contribution in [0.5, 0.6) is 5.75 Å². The zero-order chi connectivity index (χ0) is 18.7. The number of ether oxygens (including phenoxy) is 3. The smallest absolute Gasteiger partial charge is 0.255 e. The Hall–Kier alpha value is -2.64. The van der Waals surface area contributed by atoms with Crippen molar-refractivity contribution < 1.29 is 19.0 Å². The average Bonchev–Trinajstić information content (AvgIpc) is 3.17.